The Morgan fingerprint density at radius 1 is 1.06 bits per heavy atom. The van der Waals surface area contributed by atoms with Gasteiger partial charge in [0.15, 0.2) is 14.1 Å². The van der Waals surface area contributed by atoms with Crippen molar-refractivity contribution in [2.24, 2.45) is 0 Å². The minimum absolute atomic E-state index is 0.0301. The number of aromatic nitrogens is 2. The van der Waals surface area contributed by atoms with Crippen molar-refractivity contribution < 1.29 is 13.8 Å². The van der Waals surface area contributed by atoms with Crippen LogP contribution in [0.15, 0.2) is 59.3 Å². The summed E-state index contributed by atoms with van der Waals surface area (Å²) >= 11 is 0. The molecule has 0 amide bonds. The maximum Gasteiger partial charge on any atom is 0.273 e. The SMILES string of the molecule is CC(C)(C)[Si](C)(C)OC(CCCCCCc1ccccc1)c1ncc(-c2cc([N+](=O)[O-])ccn2)o1. The molecule has 2 aromatic heterocycles. The van der Waals surface area contributed by atoms with Gasteiger partial charge in [-0.1, -0.05) is 70.4 Å². The molecular formula is C27H37N3O4Si. The van der Waals surface area contributed by atoms with E-state index in [1.807, 2.05) is 0 Å². The van der Waals surface area contributed by atoms with Crippen molar-refractivity contribution in [2.45, 2.75) is 83.5 Å². The van der Waals surface area contributed by atoms with Crippen molar-refractivity contribution in [2.75, 3.05) is 0 Å². The van der Waals surface area contributed by atoms with E-state index in [9.17, 15) is 10.1 Å². The number of aryl methyl sites for hydroxylation is 1. The Balaban J connectivity index is 1.67. The second-order valence-electron chi connectivity index (χ2n) is 10.5. The van der Waals surface area contributed by atoms with Gasteiger partial charge in [-0.15, -0.1) is 0 Å². The molecular weight excluding hydrogens is 458 g/mol. The normalized spacial score (nSPS) is 13.1. The van der Waals surface area contributed by atoms with Gasteiger partial charge in [-0.25, -0.2) is 4.98 Å². The molecule has 2 heterocycles. The molecule has 8 heteroatoms. The lowest BCUT2D eigenvalue weighted by Gasteiger charge is -2.38. The Kier molecular flexibility index (Phi) is 8.96. The minimum atomic E-state index is -2.07. The van der Waals surface area contributed by atoms with Crippen LogP contribution in [0.2, 0.25) is 18.1 Å². The summed E-state index contributed by atoms with van der Waals surface area (Å²) in [5.74, 6) is 0.929. The van der Waals surface area contributed by atoms with Crippen LogP contribution in [0, 0.1) is 10.1 Å². The molecule has 0 aliphatic rings. The number of nitrogens with zero attached hydrogens (tertiary/aromatic N) is 3. The van der Waals surface area contributed by atoms with Crippen LogP contribution in [0.5, 0.6) is 0 Å². The average Bonchev–Trinajstić information content (AvgIpc) is 3.31. The number of pyridine rings is 1. The molecule has 0 radical (unpaired) electrons. The maximum absolute atomic E-state index is 11.1. The van der Waals surface area contributed by atoms with E-state index < -0.39 is 13.2 Å². The van der Waals surface area contributed by atoms with Crippen LogP contribution in [-0.4, -0.2) is 23.2 Å². The monoisotopic (exact) mass is 495 g/mol. The molecule has 3 aromatic rings. The summed E-state index contributed by atoms with van der Waals surface area (Å²) in [4.78, 5) is 19.4. The van der Waals surface area contributed by atoms with Crippen molar-refractivity contribution >= 4 is 14.0 Å². The summed E-state index contributed by atoms with van der Waals surface area (Å²) in [6.07, 6.45) is 9.13. The Morgan fingerprint density at radius 3 is 2.46 bits per heavy atom. The van der Waals surface area contributed by atoms with E-state index in [4.69, 9.17) is 8.84 Å². The molecule has 1 unspecified atom stereocenters. The summed E-state index contributed by atoms with van der Waals surface area (Å²) in [5, 5.41) is 11.2. The molecule has 7 nitrogen and oxygen atoms in total. The van der Waals surface area contributed by atoms with Crippen LogP contribution >= 0.6 is 0 Å². The van der Waals surface area contributed by atoms with Crippen LogP contribution in [0.3, 0.4) is 0 Å². The molecule has 0 aliphatic carbocycles. The first-order chi connectivity index (χ1) is 16.6. The molecule has 0 spiro atoms. The van der Waals surface area contributed by atoms with E-state index in [2.05, 4.69) is 74.2 Å². The first-order valence-electron chi connectivity index (χ1n) is 12.3. The van der Waals surface area contributed by atoms with Crippen molar-refractivity contribution in [3.8, 4) is 11.5 Å². The number of unbranched alkanes of at least 4 members (excludes halogenated alkanes) is 3. The van der Waals surface area contributed by atoms with Crippen molar-refractivity contribution in [3.63, 3.8) is 0 Å². The van der Waals surface area contributed by atoms with Crippen molar-refractivity contribution in [1.82, 2.24) is 9.97 Å². The molecule has 0 saturated heterocycles. The first-order valence-corrected chi connectivity index (χ1v) is 15.3. The van der Waals surface area contributed by atoms with Gasteiger partial charge >= 0.3 is 0 Å². The summed E-state index contributed by atoms with van der Waals surface area (Å²) in [5.41, 5.74) is 1.75. The van der Waals surface area contributed by atoms with Crippen LogP contribution in [0.1, 0.15) is 70.4 Å². The molecule has 188 valence electrons. The minimum Gasteiger partial charge on any atom is -0.436 e. The fourth-order valence-corrected chi connectivity index (χ4v) is 4.93. The second kappa shape index (κ2) is 11.7. The van der Waals surface area contributed by atoms with Gasteiger partial charge in [0.25, 0.3) is 5.69 Å². The molecule has 0 aliphatic heterocycles. The zero-order valence-electron chi connectivity index (χ0n) is 21.5. The number of hydrogen-bond acceptors (Lipinski definition) is 6. The highest BCUT2D eigenvalue weighted by atomic mass is 28.4. The standard InChI is InChI=1S/C27H37N3O4Si/c1-27(2,3)35(4,5)34-24(16-12-7-6-9-13-21-14-10-8-11-15-21)26-29-20-25(33-26)23-19-22(30(31)32)17-18-28-23/h8,10-11,14-15,17-20,24H,6-7,9,12-13,16H2,1-5H3. The van der Waals surface area contributed by atoms with Crippen molar-refractivity contribution in [3.05, 3.63) is 76.4 Å². The summed E-state index contributed by atoms with van der Waals surface area (Å²) in [7, 11) is -2.07. The zero-order valence-corrected chi connectivity index (χ0v) is 22.5. The van der Waals surface area contributed by atoms with Gasteiger partial charge in [-0.2, -0.15) is 0 Å². The topological polar surface area (TPSA) is 91.3 Å². The molecule has 1 aromatic carbocycles. The highest BCUT2D eigenvalue weighted by Crippen LogP contribution is 2.41. The number of rotatable bonds is 12. The van der Waals surface area contributed by atoms with E-state index in [0.29, 0.717) is 17.3 Å². The molecule has 3 rings (SSSR count). The quantitative estimate of drug-likeness (QED) is 0.110. The summed E-state index contributed by atoms with van der Waals surface area (Å²) in [6.45, 7) is 11.1. The van der Waals surface area contributed by atoms with E-state index in [0.717, 1.165) is 32.1 Å². The zero-order chi connectivity index (χ0) is 25.5. The molecule has 1 atom stereocenters. The van der Waals surface area contributed by atoms with Gasteiger partial charge in [-0.3, -0.25) is 15.1 Å². The largest absolute Gasteiger partial charge is 0.436 e. The third-order valence-electron chi connectivity index (χ3n) is 6.77. The lowest BCUT2D eigenvalue weighted by Crippen LogP contribution is -2.41. The summed E-state index contributed by atoms with van der Waals surface area (Å²) in [6, 6.07) is 13.4. The Hall–Kier alpha value is -2.84. The molecule has 0 bridgehead atoms. The lowest BCUT2D eigenvalue weighted by atomic mass is 10.0. The molecule has 0 fully saturated rings. The van der Waals surface area contributed by atoms with E-state index in [1.54, 1.807) is 6.20 Å². The molecule has 0 saturated carbocycles. The van der Waals surface area contributed by atoms with Crippen LogP contribution in [-0.2, 0) is 10.8 Å². The predicted molar refractivity (Wildman–Crippen MR) is 141 cm³/mol. The predicted octanol–water partition coefficient (Wildman–Crippen LogP) is 7.90. The third kappa shape index (κ3) is 7.57. The highest BCUT2D eigenvalue weighted by molar-refractivity contribution is 6.74. The first kappa shape index (κ1) is 26.8. The van der Waals surface area contributed by atoms with Crippen LogP contribution < -0.4 is 0 Å². The van der Waals surface area contributed by atoms with Gasteiger partial charge in [-0.05, 0) is 43.0 Å². The van der Waals surface area contributed by atoms with Gasteiger partial charge in [0.1, 0.15) is 11.8 Å². The van der Waals surface area contributed by atoms with Crippen LogP contribution in [0.25, 0.3) is 11.5 Å². The maximum atomic E-state index is 11.1. The molecule has 0 N–H and O–H groups in total. The number of nitro groups is 1. The smallest absolute Gasteiger partial charge is 0.273 e. The molecule has 35 heavy (non-hydrogen) atoms. The number of oxazole rings is 1. The van der Waals surface area contributed by atoms with Gasteiger partial charge in [0, 0.05) is 18.3 Å². The Labute approximate surface area is 209 Å². The lowest BCUT2D eigenvalue weighted by molar-refractivity contribution is -0.384. The van der Waals surface area contributed by atoms with Crippen LogP contribution in [0.4, 0.5) is 5.69 Å². The fourth-order valence-electron chi connectivity index (χ4n) is 3.64. The Bertz CT molecular complexity index is 1090. The number of benzene rings is 1. The van der Waals surface area contributed by atoms with Gasteiger partial charge in [0.2, 0.25) is 5.89 Å². The highest BCUT2D eigenvalue weighted by Gasteiger charge is 2.40. The third-order valence-corrected chi connectivity index (χ3v) is 11.3. The fraction of sp³-hybridized carbons (Fsp3) is 0.481. The van der Waals surface area contributed by atoms with Crippen molar-refractivity contribution in [1.29, 1.82) is 0 Å². The summed E-state index contributed by atoms with van der Waals surface area (Å²) < 4.78 is 12.8. The second-order valence-corrected chi connectivity index (χ2v) is 15.3. The van der Waals surface area contributed by atoms with E-state index in [-0.39, 0.29) is 16.8 Å². The van der Waals surface area contributed by atoms with Gasteiger partial charge < -0.3 is 8.84 Å². The van der Waals surface area contributed by atoms with Gasteiger partial charge in [0.05, 0.1) is 11.1 Å². The Morgan fingerprint density at radius 2 is 1.77 bits per heavy atom. The van der Waals surface area contributed by atoms with E-state index in [1.165, 1.54) is 30.3 Å². The average molecular weight is 496 g/mol. The number of hydrogen-bond donors (Lipinski definition) is 0. The van der Waals surface area contributed by atoms with E-state index >= 15 is 0 Å².